The summed E-state index contributed by atoms with van der Waals surface area (Å²) in [5, 5.41) is 12.2. The van der Waals surface area contributed by atoms with Crippen molar-refractivity contribution in [3.63, 3.8) is 0 Å². The molecule has 0 unspecified atom stereocenters. The lowest BCUT2D eigenvalue weighted by molar-refractivity contribution is -0.131. The lowest BCUT2D eigenvalue weighted by atomic mass is 10.1. The molecule has 3 rings (SSSR count). The summed E-state index contributed by atoms with van der Waals surface area (Å²) in [6.45, 7) is 10.4. The van der Waals surface area contributed by atoms with Gasteiger partial charge in [0.25, 0.3) is 5.91 Å². The highest BCUT2D eigenvalue weighted by molar-refractivity contribution is 6.06. The predicted molar refractivity (Wildman–Crippen MR) is 145 cm³/mol. The van der Waals surface area contributed by atoms with Gasteiger partial charge >= 0.3 is 5.97 Å². The van der Waals surface area contributed by atoms with E-state index < -0.39 is 5.97 Å². The molecule has 0 saturated carbocycles. The summed E-state index contributed by atoms with van der Waals surface area (Å²) in [5.74, 6) is -0.485. The Balaban J connectivity index is 0.000000346. The molecule has 1 heterocycles. The minimum absolute atomic E-state index is 0.0777. The number of hydrogen-bond donors (Lipinski definition) is 2. The number of carboxylic acids is 1. The first-order valence-electron chi connectivity index (χ1n) is 12.5. The number of hydrogen-bond acceptors (Lipinski definition) is 5. The maximum absolute atomic E-state index is 12.7. The van der Waals surface area contributed by atoms with E-state index >= 15 is 0 Å². The first kappa shape index (κ1) is 28.5. The van der Waals surface area contributed by atoms with E-state index in [1.807, 2.05) is 54.6 Å². The average Bonchev–Trinajstić information content (AvgIpc) is 2.90. The third-order valence-electron chi connectivity index (χ3n) is 5.51. The smallest absolute Gasteiger partial charge is 0.328 e. The van der Waals surface area contributed by atoms with Gasteiger partial charge in [-0.1, -0.05) is 75.7 Å². The van der Waals surface area contributed by atoms with Crippen LogP contribution in [-0.2, 0) is 4.79 Å². The fraction of sp³-hybridized carbons (Fsp3) is 0.345. The number of amides is 1. The van der Waals surface area contributed by atoms with Crippen LogP contribution in [0.4, 0.5) is 0 Å². The van der Waals surface area contributed by atoms with Gasteiger partial charge in [-0.25, -0.2) is 9.78 Å². The van der Waals surface area contributed by atoms with Crippen molar-refractivity contribution in [2.45, 2.75) is 33.6 Å². The first-order valence-corrected chi connectivity index (χ1v) is 12.5. The number of benzene rings is 2. The number of carboxylic acid groups (broad SMARTS) is 1. The van der Waals surface area contributed by atoms with Crippen LogP contribution in [0.15, 0.2) is 66.7 Å². The molecule has 7 heteroatoms. The van der Waals surface area contributed by atoms with E-state index in [1.54, 1.807) is 12.1 Å². The number of unbranched alkanes of at least 4 members (excludes halogenated alkanes) is 1. The molecule has 0 spiro atoms. The van der Waals surface area contributed by atoms with E-state index in [9.17, 15) is 9.59 Å². The van der Waals surface area contributed by atoms with Gasteiger partial charge in [-0.05, 0) is 37.2 Å². The molecule has 0 saturated heterocycles. The molecule has 0 aliphatic heterocycles. The molecule has 7 nitrogen and oxygen atoms in total. The Hall–Kier alpha value is -3.71. The molecule has 2 aromatic carbocycles. The lowest BCUT2D eigenvalue weighted by Gasteiger charge is -2.18. The summed E-state index contributed by atoms with van der Waals surface area (Å²) in [5.41, 5.74) is 2.30. The van der Waals surface area contributed by atoms with Crippen molar-refractivity contribution >= 4 is 28.9 Å². The van der Waals surface area contributed by atoms with Gasteiger partial charge in [0.05, 0.1) is 17.7 Å². The number of para-hydroxylation sites is 1. The van der Waals surface area contributed by atoms with Crippen molar-refractivity contribution in [2.24, 2.45) is 0 Å². The second-order valence-electron chi connectivity index (χ2n) is 8.09. The van der Waals surface area contributed by atoms with Crippen molar-refractivity contribution in [1.29, 1.82) is 0 Å². The highest BCUT2D eigenvalue weighted by Gasteiger charge is 2.13. The second kappa shape index (κ2) is 16.1. The van der Waals surface area contributed by atoms with E-state index in [-0.39, 0.29) is 5.91 Å². The van der Waals surface area contributed by atoms with Crippen molar-refractivity contribution in [3.05, 3.63) is 77.9 Å². The number of nitrogens with zero attached hydrogens (tertiary/aromatic N) is 2. The molecule has 3 aromatic rings. The molecule has 192 valence electrons. The SMILES string of the molecule is CCCCOc1cc(C(=O)NCCN(CC)CC)c2ccccc2n1.O=C(O)/C=C/c1ccccc1. The Morgan fingerprint density at radius 2 is 1.72 bits per heavy atom. The number of nitrogens with one attached hydrogen (secondary N) is 1. The minimum Gasteiger partial charge on any atom is -0.478 e. The molecular weight excluding hydrogens is 454 g/mol. The zero-order valence-electron chi connectivity index (χ0n) is 21.4. The van der Waals surface area contributed by atoms with Crippen molar-refractivity contribution < 1.29 is 19.4 Å². The summed E-state index contributed by atoms with van der Waals surface area (Å²) in [6.07, 6.45) is 4.71. The number of ether oxygens (including phenoxy) is 1. The predicted octanol–water partition coefficient (Wildman–Crippen LogP) is 5.27. The quantitative estimate of drug-likeness (QED) is 0.265. The number of carbonyl (C=O) groups is 2. The van der Waals surface area contributed by atoms with E-state index in [0.717, 1.165) is 55.0 Å². The van der Waals surface area contributed by atoms with Crippen LogP contribution >= 0.6 is 0 Å². The Morgan fingerprint density at radius 3 is 2.39 bits per heavy atom. The van der Waals surface area contributed by atoms with Crippen LogP contribution in [0.25, 0.3) is 17.0 Å². The van der Waals surface area contributed by atoms with Crippen molar-refractivity contribution in [3.8, 4) is 5.88 Å². The summed E-state index contributed by atoms with van der Waals surface area (Å²) < 4.78 is 5.72. The van der Waals surface area contributed by atoms with Crippen molar-refractivity contribution in [1.82, 2.24) is 15.2 Å². The fourth-order valence-corrected chi connectivity index (χ4v) is 3.43. The highest BCUT2D eigenvalue weighted by Crippen LogP contribution is 2.22. The highest BCUT2D eigenvalue weighted by atomic mass is 16.5. The van der Waals surface area contributed by atoms with Crippen LogP contribution in [0.5, 0.6) is 5.88 Å². The number of likely N-dealkylation sites (N-methyl/N-ethyl adjacent to an activating group) is 1. The first-order chi connectivity index (χ1) is 17.5. The molecule has 0 radical (unpaired) electrons. The normalized spacial score (nSPS) is 10.8. The molecule has 36 heavy (non-hydrogen) atoms. The summed E-state index contributed by atoms with van der Waals surface area (Å²) in [6, 6.07) is 18.7. The van der Waals surface area contributed by atoms with Gasteiger partial charge < -0.3 is 20.1 Å². The van der Waals surface area contributed by atoms with Gasteiger partial charge in [-0.3, -0.25) is 4.79 Å². The number of fused-ring (bicyclic) bond motifs is 1. The van der Waals surface area contributed by atoms with Gasteiger partial charge in [-0.2, -0.15) is 0 Å². The summed E-state index contributed by atoms with van der Waals surface area (Å²) in [7, 11) is 0. The third-order valence-corrected chi connectivity index (χ3v) is 5.51. The largest absolute Gasteiger partial charge is 0.478 e. The van der Waals surface area contributed by atoms with Gasteiger partial charge in [0.2, 0.25) is 5.88 Å². The van der Waals surface area contributed by atoms with Crippen LogP contribution in [0.2, 0.25) is 0 Å². The van der Waals surface area contributed by atoms with Crippen LogP contribution in [0, 0.1) is 0 Å². The number of pyridine rings is 1. The van der Waals surface area contributed by atoms with Crippen LogP contribution in [0.1, 0.15) is 49.5 Å². The molecule has 0 fully saturated rings. The van der Waals surface area contributed by atoms with Gasteiger partial charge in [0, 0.05) is 30.6 Å². The van der Waals surface area contributed by atoms with Gasteiger partial charge in [0.15, 0.2) is 0 Å². The van der Waals surface area contributed by atoms with Crippen LogP contribution in [0.3, 0.4) is 0 Å². The molecule has 0 bridgehead atoms. The monoisotopic (exact) mass is 491 g/mol. The zero-order valence-corrected chi connectivity index (χ0v) is 21.4. The van der Waals surface area contributed by atoms with E-state index in [0.29, 0.717) is 24.6 Å². The molecule has 0 atom stereocenters. The molecule has 1 aromatic heterocycles. The number of carbonyl (C=O) groups excluding carboxylic acids is 1. The molecule has 2 N–H and O–H groups in total. The second-order valence-corrected chi connectivity index (χ2v) is 8.09. The molecule has 0 aliphatic carbocycles. The number of aliphatic carboxylic acids is 1. The summed E-state index contributed by atoms with van der Waals surface area (Å²) >= 11 is 0. The third kappa shape index (κ3) is 9.88. The molecule has 1 amide bonds. The Bertz CT molecular complexity index is 1110. The van der Waals surface area contributed by atoms with Crippen LogP contribution in [-0.4, -0.2) is 59.7 Å². The van der Waals surface area contributed by atoms with E-state index in [1.165, 1.54) is 0 Å². The topological polar surface area (TPSA) is 91.8 Å². The number of aromatic nitrogens is 1. The van der Waals surface area contributed by atoms with E-state index in [4.69, 9.17) is 9.84 Å². The lowest BCUT2D eigenvalue weighted by Crippen LogP contribution is -2.34. The molecule has 0 aliphatic rings. The average molecular weight is 492 g/mol. The molecular formula is C29H37N3O4. The Labute approximate surface area is 213 Å². The number of rotatable bonds is 12. The minimum atomic E-state index is -0.922. The van der Waals surface area contributed by atoms with Gasteiger partial charge in [0.1, 0.15) is 0 Å². The Kier molecular flexibility index (Phi) is 12.7. The van der Waals surface area contributed by atoms with Crippen LogP contribution < -0.4 is 10.1 Å². The maximum Gasteiger partial charge on any atom is 0.328 e. The Morgan fingerprint density at radius 1 is 1.03 bits per heavy atom. The standard InChI is InChI=1S/C20H29N3O2.C9H8O2/c1-4-7-14-25-19-15-17(16-10-8-9-11-18(16)22-19)20(24)21-12-13-23(5-2)6-3;10-9(11)7-6-8-4-2-1-3-5-8/h8-11,15H,4-7,12-14H2,1-3H3,(H,21,24);1-7H,(H,10,11)/b;7-6+. The fourth-order valence-electron chi connectivity index (χ4n) is 3.43. The van der Waals surface area contributed by atoms with Gasteiger partial charge in [-0.15, -0.1) is 0 Å². The summed E-state index contributed by atoms with van der Waals surface area (Å²) in [4.78, 5) is 29.6. The zero-order chi connectivity index (χ0) is 26.2. The van der Waals surface area contributed by atoms with Crippen molar-refractivity contribution in [2.75, 3.05) is 32.8 Å². The van der Waals surface area contributed by atoms with E-state index in [2.05, 4.69) is 36.0 Å². The maximum atomic E-state index is 12.7.